The van der Waals surface area contributed by atoms with Gasteiger partial charge in [-0.05, 0) is 60.9 Å². The van der Waals surface area contributed by atoms with E-state index in [-0.39, 0.29) is 0 Å². The molecule has 0 unspecified atom stereocenters. The Morgan fingerprint density at radius 1 is 1.20 bits per heavy atom. The maximum absolute atomic E-state index is 5.64. The molecule has 4 nitrogen and oxygen atoms in total. The maximum Gasteiger partial charge on any atom is 0.254 e. The fourth-order valence-electron chi connectivity index (χ4n) is 2.61. The lowest BCUT2D eigenvalue weighted by molar-refractivity contribution is 0.407. The Bertz CT molecular complexity index is 804. The van der Waals surface area contributed by atoms with Gasteiger partial charge >= 0.3 is 0 Å². The summed E-state index contributed by atoms with van der Waals surface area (Å²) in [7, 11) is 0. The van der Waals surface area contributed by atoms with Gasteiger partial charge in [0.1, 0.15) is 0 Å². The SMILES string of the molecule is CCc1ccc(/C=C(\CCCCN)c2nc(-c3cccs3)no2)cc1. The average Bonchev–Trinajstić information content (AvgIpc) is 3.33. The third-order valence-electron chi connectivity index (χ3n) is 4.07. The van der Waals surface area contributed by atoms with E-state index in [1.165, 1.54) is 5.56 Å². The van der Waals surface area contributed by atoms with Gasteiger partial charge in [0.15, 0.2) is 0 Å². The number of hydrogen-bond acceptors (Lipinski definition) is 5. The van der Waals surface area contributed by atoms with Crippen LogP contribution in [0.4, 0.5) is 0 Å². The first-order chi connectivity index (χ1) is 12.3. The van der Waals surface area contributed by atoms with Gasteiger partial charge in [0.05, 0.1) is 4.88 Å². The van der Waals surface area contributed by atoms with Crippen molar-refractivity contribution in [3.05, 3.63) is 58.8 Å². The van der Waals surface area contributed by atoms with Crippen molar-refractivity contribution in [2.24, 2.45) is 5.73 Å². The van der Waals surface area contributed by atoms with Crippen LogP contribution in [0.1, 0.15) is 43.2 Å². The summed E-state index contributed by atoms with van der Waals surface area (Å²) in [5.74, 6) is 1.25. The van der Waals surface area contributed by atoms with Crippen LogP contribution < -0.4 is 5.73 Å². The Labute approximate surface area is 152 Å². The van der Waals surface area contributed by atoms with Crippen LogP contribution in [0.25, 0.3) is 22.4 Å². The van der Waals surface area contributed by atoms with Gasteiger partial charge in [0, 0.05) is 5.57 Å². The van der Waals surface area contributed by atoms with Gasteiger partial charge in [-0.25, -0.2) is 0 Å². The van der Waals surface area contributed by atoms with Gasteiger partial charge in [0.25, 0.3) is 5.89 Å². The second-order valence-corrected chi connectivity index (χ2v) is 6.86. The van der Waals surface area contributed by atoms with Crippen LogP contribution in [0.2, 0.25) is 0 Å². The number of allylic oxidation sites excluding steroid dienone is 1. The van der Waals surface area contributed by atoms with E-state index in [9.17, 15) is 0 Å². The lowest BCUT2D eigenvalue weighted by Gasteiger charge is -2.04. The lowest BCUT2D eigenvalue weighted by atomic mass is 10.0. The third kappa shape index (κ3) is 4.65. The zero-order valence-corrected chi connectivity index (χ0v) is 15.3. The van der Waals surface area contributed by atoms with E-state index >= 15 is 0 Å². The van der Waals surface area contributed by atoms with E-state index in [1.807, 2.05) is 17.5 Å². The Morgan fingerprint density at radius 3 is 2.72 bits per heavy atom. The van der Waals surface area contributed by atoms with Crippen LogP contribution in [0, 0.1) is 0 Å². The summed E-state index contributed by atoms with van der Waals surface area (Å²) in [5, 5.41) is 6.15. The molecule has 0 atom stereocenters. The zero-order valence-electron chi connectivity index (χ0n) is 14.4. The lowest BCUT2D eigenvalue weighted by Crippen LogP contribution is -1.98. The Kier molecular flexibility index (Phi) is 6.14. The highest BCUT2D eigenvalue weighted by Crippen LogP contribution is 2.27. The molecule has 0 spiro atoms. The summed E-state index contributed by atoms with van der Waals surface area (Å²) in [5.41, 5.74) is 9.18. The molecule has 5 heteroatoms. The number of aromatic nitrogens is 2. The monoisotopic (exact) mass is 353 g/mol. The van der Waals surface area contributed by atoms with Crippen molar-refractivity contribution in [2.45, 2.75) is 32.6 Å². The van der Waals surface area contributed by atoms with Crippen LogP contribution in [0.5, 0.6) is 0 Å². The predicted molar refractivity (Wildman–Crippen MR) is 104 cm³/mol. The quantitative estimate of drug-likeness (QED) is 0.577. The smallest absolute Gasteiger partial charge is 0.254 e. The molecule has 0 aliphatic heterocycles. The van der Waals surface area contributed by atoms with Gasteiger partial charge in [-0.1, -0.05) is 42.4 Å². The molecule has 3 aromatic rings. The third-order valence-corrected chi connectivity index (χ3v) is 4.94. The number of benzene rings is 1. The molecule has 0 saturated heterocycles. The zero-order chi connectivity index (χ0) is 17.5. The molecule has 0 fully saturated rings. The highest BCUT2D eigenvalue weighted by molar-refractivity contribution is 7.13. The van der Waals surface area contributed by atoms with Crippen LogP contribution in [0.3, 0.4) is 0 Å². The summed E-state index contributed by atoms with van der Waals surface area (Å²) in [6, 6.07) is 12.6. The number of rotatable bonds is 8. The molecule has 2 aromatic heterocycles. The summed E-state index contributed by atoms with van der Waals surface area (Å²) in [4.78, 5) is 5.61. The molecular weight excluding hydrogens is 330 g/mol. The Balaban J connectivity index is 1.86. The molecule has 0 bridgehead atoms. The van der Waals surface area contributed by atoms with Crippen LogP contribution in [0.15, 0.2) is 46.3 Å². The normalized spacial score (nSPS) is 11.8. The molecule has 25 heavy (non-hydrogen) atoms. The number of thiophene rings is 1. The summed E-state index contributed by atoms with van der Waals surface area (Å²) in [6.07, 6.45) is 6.05. The molecule has 130 valence electrons. The van der Waals surface area contributed by atoms with E-state index in [2.05, 4.69) is 47.4 Å². The number of nitrogens with two attached hydrogens (primary N) is 1. The van der Waals surface area contributed by atoms with Crippen LogP contribution >= 0.6 is 11.3 Å². The van der Waals surface area contributed by atoms with Crippen molar-refractivity contribution >= 4 is 23.0 Å². The maximum atomic E-state index is 5.64. The molecule has 0 aliphatic carbocycles. The minimum Gasteiger partial charge on any atom is -0.334 e. The van der Waals surface area contributed by atoms with Gasteiger partial charge in [-0.3, -0.25) is 0 Å². The van der Waals surface area contributed by atoms with Gasteiger partial charge < -0.3 is 10.3 Å². The van der Waals surface area contributed by atoms with Crippen molar-refractivity contribution in [3.8, 4) is 10.7 Å². The van der Waals surface area contributed by atoms with Crippen LogP contribution in [-0.2, 0) is 6.42 Å². The summed E-state index contributed by atoms with van der Waals surface area (Å²) in [6.45, 7) is 2.86. The first kappa shape index (κ1) is 17.6. The summed E-state index contributed by atoms with van der Waals surface area (Å²) < 4.78 is 5.54. The molecule has 0 radical (unpaired) electrons. The van der Waals surface area contributed by atoms with E-state index in [1.54, 1.807) is 11.3 Å². The molecule has 0 amide bonds. The minimum atomic E-state index is 0.597. The molecule has 0 aliphatic rings. The van der Waals surface area contributed by atoms with Crippen molar-refractivity contribution in [1.29, 1.82) is 0 Å². The Morgan fingerprint density at radius 2 is 2.04 bits per heavy atom. The molecular formula is C20H23N3OS. The van der Waals surface area contributed by atoms with E-state index in [0.717, 1.165) is 41.7 Å². The highest BCUT2D eigenvalue weighted by Gasteiger charge is 2.13. The number of aryl methyl sites for hydroxylation is 1. The number of unbranched alkanes of at least 4 members (excludes halogenated alkanes) is 1. The van der Waals surface area contributed by atoms with Crippen molar-refractivity contribution < 1.29 is 4.52 Å². The topological polar surface area (TPSA) is 64.9 Å². The standard InChI is InChI=1S/C20H23N3OS/c1-2-15-8-10-16(11-9-15)14-17(6-3-4-12-21)20-22-19(23-24-20)18-7-5-13-25-18/h5,7-11,13-14H,2-4,6,12,21H2,1H3/b17-14+. The molecule has 0 saturated carbocycles. The van der Waals surface area contributed by atoms with E-state index < -0.39 is 0 Å². The first-order valence-electron chi connectivity index (χ1n) is 8.67. The Hall–Kier alpha value is -2.24. The van der Waals surface area contributed by atoms with Crippen molar-refractivity contribution in [2.75, 3.05) is 6.54 Å². The predicted octanol–water partition coefficient (Wildman–Crippen LogP) is 5.03. The van der Waals surface area contributed by atoms with Gasteiger partial charge in [-0.2, -0.15) is 4.98 Å². The second-order valence-electron chi connectivity index (χ2n) is 5.91. The first-order valence-corrected chi connectivity index (χ1v) is 9.55. The molecule has 1 aromatic carbocycles. The fraction of sp³-hybridized carbons (Fsp3) is 0.300. The van der Waals surface area contributed by atoms with Crippen molar-refractivity contribution in [1.82, 2.24) is 10.1 Å². The second kappa shape index (κ2) is 8.74. The van der Waals surface area contributed by atoms with Crippen LogP contribution in [-0.4, -0.2) is 16.7 Å². The fourth-order valence-corrected chi connectivity index (χ4v) is 3.26. The van der Waals surface area contributed by atoms with E-state index in [4.69, 9.17) is 10.3 Å². The largest absolute Gasteiger partial charge is 0.334 e. The van der Waals surface area contributed by atoms with Gasteiger partial charge in [0.2, 0.25) is 5.82 Å². The van der Waals surface area contributed by atoms with E-state index in [0.29, 0.717) is 18.3 Å². The van der Waals surface area contributed by atoms with Crippen molar-refractivity contribution in [3.63, 3.8) is 0 Å². The average molecular weight is 353 g/mol. The van der Waals surface area contributed by atoms with Gasteiger partial charge in [-0.15, -0.1) is 11.3 Å². The molecule has 2 heterocycles. The number of nitrogens with zero attached hydrogens (tertiary/aromatic N) is 2. The molecule has 2 N–H and O–H groups in total. The highest BCUT2D eigenvalue weighted by atomic mass is 32.1. The minimum absolute atomic E-state index is 0.597. The summed E-state index contributed by atoms with van der Waals surface area (Å²) >= 11 is 1.61. The molecule has 3 rings (SSSR count). The number of hydrogen-bond donors (Lipinski definition) is 1.